The van der Waals surface area contributed by atoms with Crippen molar-refractivity contribution >= 4 is 23.0 Å². The summed E-state index contributed by atoms with van der Waals surface area (Å²) in [7, 11) is 0. The SMILES string of the molecule is N#Cc1cc(-c2c[nH]c3ncc(/C=C/CN4CCOCC4)cc23)ccc1O[C@@H]1CCN(C(=O)CO)C1. The molecule has 5 rings (SSSR count). The number of hydrogen-bond donors (Lipinski definition) is 2. The first kappa shape index (κ1) is 24.0. The molecule has 0 unspecified atom stereocenters. The summed E-state index contributed by atoms with van der Waals surface area (Å²) in [5.74, 6) is 0.189. The Morgan fingerprint density at radius 3 is 2.97 bits per heavy atom. The Morgan fingerprint density at radius 1 is 1.31 bits per heavy atom. The molecule has 9 heteroatoms. The second-order valence-corrected chi connectivity index (χ2v) is 9.03. The van der Waals surface area contributed by atoms with Crippen LogP contribution in [0.5, 0.6) is 5.75 Å². The van der Waals surface area contributed by atoms with E-state index in [1.807, 2.05) is 30.6 Å². The van der Waals surface area contributed by atoms with Crippen LogP contribution in [0.2, 0.25) is 0 Å². The Labute approximate surface area is 209 Å². The normalized spacial score (nSPS) is 18.7. The summed E-state index contributed by atoms with van der Waals surface area (Å²) >= 11 is 0. The fraction of sp³-hybridized carbons (Fsp3) is 0.370. The molecule has 2 aliphatic rings. The number of aromatic amines is 1. The van der Waals surface area contributed by atoms with Gasteiger partial charge in [0.25, 0.3) is 0 Å². The Balaban J connectivity index is 1.32. The number of aromatic nitrogens is 2. The van der Waals surface area contributed by atoms with Gasteiger partial charge in [0, 0.05) is 55.9 Å². The minimum Gasteiger partial charge on any atom is -0.487 e. The molecule has 4 heterocycles. The maximum absolute atomic E-state index is 11.7. The Morgan fingerprint density at radius 2 is 2.17 bits per heavy atom. The Bertz CT molecular complexity index is 1310. The van der Waals surface area contributed by atoms with Gasteiger partial charge in [-0.25, -0.2) is 4.98 Å². The van der Waals surface area contributed by atoms with Crippen LogP contribution in [0.15, 0.2) is 42.7 Å². The topological polar surface area (TPSA) is 115 Å². The highest BCUT2D eigenvalue weighted by Crippen LogP contribution is 2.32. The van der Waals surface area contributed by atoms with E-state index in [1.165, 1.54) is 0 Å². The zero-order chi connectivity index (χ0) is 24.9. The minimum atomic E-state index is -0.504. The minimum absolute atomic E-state index is 0.206. The predicted molar refractivity (Wildman–Crippen MR) is 135 cm³/mol. The molecule has 1 aromatic carbocycles. The molecule has 2 aliphatic heterocycles. The highest BCUT2D eigenvalue weighted by atomic mass is 16.5. The molecular weight excluding hydrogens is 458 g/mol. The van der Waals surface area contributed by atoms with Gasteiger partial charge in [-0.05, 0) is 29.3 Å². The zero-order valence-corrected chi connectivity index (χ0v) is 20.0. The molecule has 0 spiro atoms. The number of pyridine rings is 1. The standard InChI is InChI=1S/C27H29N5O4/c28-14-21-13-20(3-4-25(21)36-22-5-7-32(17-22)26(34)18-33)24-16-30-27-23(24)12-19(15-29-27)2-1-6-31-8-10-35-11-9-31/h1-4,12-13,15-16,22,33H,5-11,17-18H2,(H,29,30)/b2-1+/t22-/m1/s1. The zero-order valence-electron chi connectivity index (χ0n) is 20.0. The van der Waals surface area contributed by atoms with E-state index in [4.69, 9.17) is 14.6 Å². The number of aliphatic hydroxyl groups is 1. The van der Waals surface area contributed by atoms with Gasteiger partial charge < -0.3 is 24.5 Å². The van der Waals surface area contributed by atoms with Crippen molar-refractivity contribution in [2.45, 2.75) is 12.5 Å². The summed E-state index contributed by atoms with van der Waals surface area (Å²) in [6.07, 6.45) is 8.45. The van der Waals surface area contributed by atoms with Crippen LogP contribution in [0.3, 0.4) is 0 Å². The van der Waals surface area contributed by atoms with Gasteiger partial charge in [0.1, 0.15) is 30.2 Å². The molecular formula is C27H29N5O4. The number of hydrogen-bond acceptors (Lipinski definition) is 7. The van der Waals surface area contributed by atoms with Gasteiger partial charge in [-0.2, -0.15) is 5.26 Å². The average molecular weight is 488 g/mol. The van der Waals surface area contributed by atoms with Crippen molar-refractivity contribution in [1.29, 1.82) is 5.26 Å². The van der Waals surface area contributed by atoms with Gasteiger partial charge in [0.2, 0.25) is 5.91 Å². The summed E-state index contributed by atoms with van der Waals surface area (Å²) in [5.41, 5.74) is 4.09. The maximum atomic E-state index is 11.7. The van der Waals surface area contributed by atoms with Crippen molar-refractivity contribution in [2.75, 3.05) is 52.5 Å². The number of aliphatic hydroxyl groups excluding tert-OH is 1. The summed E-state index contributed by atoms with van der Waals surface area (Å²) in [6, 6.07) is 9.91. The monoisotopic (exact) mass is 487 g/mol. The van der Waals surface area contributed by atoms with Crippen LogP contribution in [0.4, 0.5) is 0 Å². The molecule has 186 valence electrons. The van der Waals surface area contributed by atoms with E-state index in [0.29, 0.717) is 30.8 Å². The molecule has 36 heavy (non-hydrogen) atoms. The number of amides is 1. The average Bonchev–Trinajstić information content (AvgIpc) is 3.56. The molecule has 0 aliphatic carbocycles. The van der Waals surface area contributed by atoms with E-state index in [-0.39, 0.29) is 12.0 Å². The number of rotatable bonds is 7. The van der Waals surface area contributed by atoms with E-state index in [2.05, 4.69) is 39.2 Å². The summed E-state index contributed by atoms with van der Waals surface area (Å²) in [4.78, 5) is 23.5. The van der Waals surface area contributed by atoms with Gasteiger partial charge in [-0.3, -0.25) is 9.69 Å². The third-order valence-electron chi connectivity index (χ3n) is 6.67. The van der Waals surface area contributed by atoms with E-state index >= 15 is 0 Å². The lowest BCUT2D eigenvalue weighted by Gasteiger charge is -2.25. The molecule has 0 bridgehead atoms. The van der Waals surface area contributed by atoms with Gasteiger partial charge in [-0.1, -0.05) is 18.2 Å². The molecule has 9 nitrogen and oxygen atoms in total. The van der Waals surface area contributed by atoms with Crippen LogP contribution in [-0.2, 0) is 9.53 Å². The fourth-order valence-corrected chi connectivity index (χ4v) is 4.69. The molecule has 2 fully saturated rings. The van der Waals surface area contributed by atoms with Gasteiger partial charge >= 0.3 is 0 Å². The fourth-order valence-electron chi connectivity index (χ4n) is 4.69. The molecule has 2 N–H and O–H groups in total. The van der Waals surface area contributed by atoms with Crippen LogP contribution in [0.1, 0.15) is 17.5 Å². The molecule has 2 saturated heterocycles. The van der Waals surface area contributed by atoms with Crippen LogP contribution < -0.4 is 4.74 Å². The first-order valence-corrected chi connectivity index (χ1v) is 12.2. The number of nitrogens with zero attached hydrogens (tertiary/aromatic N) is 4. The number of likely N-dealkylation sites (tertiary alicyclic amines) is 1. The lowest BCUT2D eigenvalue weighted by atomic mass is 10.0. The van der Waals surface area contributed by atoms with Crippen molar-refractivity contribution in [2.24, 2.45) is 0 Å². The summed E-state index contributed by atoms with van der Waals surface area (Å²) in [6.45, 7) is 4.78. The number of nitriles is 1. The van der Waals surface area contributed by atoms with E-state index in [9.17, 15) is 10.1 Å². The smallest absolute Gasteiger partial charge is 0.248 e. The van der Waals surface area contributed by atoms with Crippen molar-refractivity contribution in [3.05, 3.63) is 53.9 Å². The lowest BCUT2D eigenvalue weighted by molar-refractivity contribution is -0.133. The van der Waals surface area contributed by atoms with Crippen LogP contribution in [-0.4, -0.2) is 89.4 Å². The number of fused-ring (bicyclic) bond motifs is 1. The predicted octanol–water partition coefficient (Wildman–Crippen LogP) is 2.42. The van der Waals surface area contributed by atoms with Crippen molar-refractivity contribution < 1.29 is 19.4 Å². The molecule has 1 amide bonds. The first-order chi connectivity index (χ1) is 17.6. The molecule has 1 atom stereocenters. The summed E-state index contributed by atoms with van der Waals surface area (Å²) < 4.78 is 11.5. The van der Waals surface area contributed by atoms with Gasteiger partial charge in [0.05, 0.1) is 25.3 Å². The highest BCUT2D eigenvalue weighted by Gasteiger charge is 2.27. The molecule has 3 aromatic rings. The van der Waals surface area contributed by atoms with Crippen LogP contribution >= 0.6 is 0 Å². The summed E-state index contributed by atoms with van der Waals surface area (Å²) in [5, 5.41) is 19.8. The number of H-pyrrole nitrogens is 1. The quantitative estimate of drug-likeness (QED) is 0.526. The number of morpholine rings is 1. The Hall–Kier alpha value is -3.71. The second-order valence-electron chi connectivity index (χ2n) is 9.03. The molecule has 2 aromatic heterocycles. The maximum Gasteiger partial charge on any atom is 0.248 e. The van der Waals surface area contributed by atoms with Gasteiger partial charge in [0.15, 0.2) is 0 Å². The lowest BCUT2D eigenvalue weighted by Crippen LogP contribution is -2.36. The van der Waals surface area contributed by atoms with Crippen molar-refractivity contribution in [3.63, 3.8) is 0 Å². The van der Waals surface area contributed by atoms with E-state index in [1.54, 1.807) is 4.90 Å². The largest absolute Gasteiger partial charge is 0.487 e. The molecule has 0 saturated carbocycles. The van der Waals surface area contributed by atoms with E-state index in [0.717, 1.165) is 60.6 Å². The first-order valence-electron chi connectivity index (χ1n) is 12.2. The third-order valence-corrected chi connectivity index (χ3v) is 6.67. The van der Waals surface area contributed by atoms with Crippen LogP contribution in [0, 0.1) is 11.3 Å². The third kappa shape index (κ3) is 5.26. The van der Waals surface area contributed by atoms with Crippen molar-refractivity contribution in [3.8, 4) is 22.9 Å². The molecule has 0 radical (unpaired) electrons. The van der Waals surface area contributed by atoms with Crippen LogP contribution in [0.25, 0.3) is 28.2 Å². The number of carbonyl (C=O) groups excluding carboxylic acids is 1. The second kappa shape index (κ2) is 10.9. The number of benzene rings is 1. The van der Waals surface area contributed by atoms with E-state index < -0.39 is 6.61 Å². The van der Waals surface area contributed by atoms with Crippen molar-refractivity contribution in [1.82, 2.24) is 19.8 Å². The number of carbonyl (C=O) groups is 1. The Kier molecular flexibility index (Phi) is 7.28. The highest BCUT2D eigenvalue weighted by molar-refractivity contribution is 5.95. The number of nitrogens with one attached hydrogen (secondary N) is 1. The number of ether oxygens (including phenoxy) is 2. The van der Waals surface area contributed by atoms with Gasteiger partial charge in [-0.15, -0.1) is 0 Å².